The lowest BCUT2D eigenvalue weighted by atomic mass is 10.0. The van der Waals surface area contributed by atoms with Crippen LogP contribution >= 0.6 is 0 Å². The first kappa shape index (κ1) is 16.7. The van der Waals surface area contributed by atoms with Gasteiger partial charge in [-0.2, -0.15) is 0 Å². The Labute approximate surface area is 133 Å². The molecule has 2 aromatic carbocycles. The minimum Gasteiger partial charge on any atom is -0.390 e. The number of aliphatic hydroxyl groups excluding tert-OH is 1. The van der Waals surface area contributed by atoms with Crippen molar-refractivity contribution < 1.29 is 5.11 Å². The second kappa shape index (κ2) is 9.36. The van der Waals surface area contributed by atoms with E-state index in [0.29, 0.717) is 13.0 Å². The van der Waals surface area contributed by atoms with E-state index in [1.165, 1.54) is 5.56 Å². The largest absolute Gasteiger partial charge is 0.390 e. The molecular formula is C19H26N2O. The zero-order valence-electron chi connectivity index (χ0n) is 13.0. The van der Waals surface area contributed by atoms with Gasteiger partial charge in [0.1, 0.15) is 0 Å². The van der Waals surface area contributed by atoms with Crippen molar-refractivity contribution in [1.29, 1.82) is 0 Å². The molecule has 0 aromatic heterocycles. The summed E-state index contributed by atoms with van der Waals surface area (Å²) in [4.78, 5) is 0. The molecule has 0 aliphatic heterocycles. The molecule has 4 N–H and O–H groups in total. The van der Waals surface area contributed by atoms with Crippen molar-refractivity contribution in [1.82, 2.24) is 5.32 Å². The number of nitrogens with one attached hydrogen (secondary N) is 1. The number of benzene rings is 2. The van der Waals surface area contributed by atoms with Gasteiger partial charge in [-0.25, -0.2) is 0 Å². The molecule has 3 nitrogen and oxygen atoms in total. The van der Waals surface area contributed by atoms with Crippen LogP contribution in [0.5, 0.6) is 0 Å². The third kappa shape index (κ3) is 5.98. The highest BCUT2D eigenvalue weighted by molar-refractivity contribution is 5.16. The quantitative estimate of drug-likeness (QED) is 0.622. The van der Waals surface area contributed by atoms with Crippen molar-refractivity contribution in [2.45, 2.75) is 31.4 Å². The lowest BCUT2D eigenvalue weighted by Crippen LogP contribution is -2.43. The van der Waals surface area contributed by atoms with E-state index in [4.69, 9.17) is 5.73 Å². The van der Waals surface area contributed by atoms with Crippen molar-refractivity contribution in [3.8, 4) is 0 Å². The van der Waals surface area contributed by atoms with Gasteiger partial charge in [-0.05, 0) is 36.9 Å². The smallest absolute Gasteiger partial charge is 0.0818 e. The van der Waals surface area contributed by atoms with Crippen LogP contribution in [0.3, 0.4) is 0 Å². The van der Waals surface area contributed by atoms with Crippen LogP contribution in [-0.2, 0) is 12.8 Å². The number of hydrogen-bond donors (Lipinski definition) is 3. The second-order valence-electron chi connectivity index (χ2n) is 5.71. The molecule has 0 aliphatic rings. The maximum Gasteiger partial charge on any atom is 0.0818 e. The molecule has 2 aromatic rings. The average molecular weight is 298 g/mol. The Morgan fingerprint density at radius 3 is 2.14 bits per heavy atom. The first-order valence-corrected chi connectivity index (χ1v) is 7.98. The van der Waals surface area contributed by atoms with E-state index in [-0.39, 0.29) is 6.04 Å². The summed E-state index contributed by atoms with van der Waals surface area (Å²) in [5.74, 6) is 0. The topological polar surface area (TPSA) is 58.3 Å². The zero-order valence-corrected chi connectivity index (χ0v) is 13.0. The number of hydrogen-bond acceptors (Lipinski definition) is 3. The third-order valence-electron chi connectivity index (χ3n) is 3.82. The molecular weight excluding hydrogens is 272 g/mol. The first-order chi connectivity index (χ1) is 10.8. The van der Waals surface area contributed by atoms with Gasteiger partial charge in [0.2, 0.25) is 0 Å². The molecule has 0 saturated heterocycles. The Bertz CT molecular complexity index is 515. The molecule has 0 aliphatic carbocycles. The molecule has 0 amide bonds. The average Bonchev–Trinajstić information content (AvgIpc) is 2.56. The highest BCUT2D eigenvalue weighted by Gasteiger charge is 2.14. The fraction of sp³-hybridized carbons (Fsp3) is 0.368. The Morgan fingerprint density at radius 2 is 1.50 bits per heavy atom. The Hall–Kier alpha value is -1.68. The monoisotopic (exact) mass is 298 g/mol. The maximum atomic E-state index is 10.1. The van der Waals surface area contributed by atoms with Gasteiger partial charge in [-0.15, -0.1) is 0 Å². The standard InChI is InChI=1S/C19H26N2O/c20-18(14-17-10-5-2-6-11-17)19(22)15-21-13-7-12-16-8-3-1-4-9-16/h1-6,8-11,18-19,21-22H,7,12-15,20H2/t18-,19+/m0/s1. The molecule has 0 spiro atoms. The fourth-order valence-electron chi connectivity index (χ4n) is 2.49. The fourth-order valence-corrected chi connectivity index (χ4v) is 2.49. The van der Waals surface area contributed by atoms with Crippen LogP contribution in [0.4, 0.5) is 0 Å². The number of nitrogens with two attached hydrogens (primary N) is 1. The first-order valence-electron chi connectivity index (χ1n) is 7.98. The van der Waals surface area contributed by atoms with Crippen LogP contribution in [0.25, 0.3) is 0 Å². The number of rotatable bonds is 9. The van der Waals surface area contributed by atoms with Crippen LogP contribution in [-0.4, -0.2) is 30.3 Å². The summed E-state index contributed by atoms with van der Waals surface area (Å²) in [6.07, 6.45) is 2.30. The molecule has 0 bridgehead atoms. The summed E-state index contributed by atoms with van der Waals surface area (Å²) in [5, 5.41) is 13.4. The Morgan fingerprint density at radius 1 is 0.909 bits per heavy atom. The third-order valence-corrected chi connectivity index (χ3v) is 3.82. The van der Waals surface area contributed by atoms with E-state index in [2.05, 4.69) is 29.6 Å². The Balaban J connectivity index is 1.60. The van der Waals surface area contributed by atoms with Crippen molar-refractivity contribution in [3.05, 3.63) is 71.8 Å². The van der Waals surface area contributed by atoms with Crippen LogP contribution < -0.4 is 11.1 Å². The SMILES string of the molecule is N[C@@H](Cc1ccccc1)[C@H](O)CNCCCc1ccccc1. The zero-order chi connectivity index (χ0) is 15.6. The van der Waals surface area contributed by atoms with Crippen molar-refractivity contribution in [3.63, 3.8) is 0 Å². The molecule has 0 fully saturated rings. The summed E-state index contributed by atoms with van der Waals surface area (Å²) >= 11 is 0. The lowest BCUT2D eigenvalue weighted by molar-refractivity contribution is 0.142. The van der Waals surface area contributed by atoms with E-state index in [1.54, 1.807) is 0 Å². The van der Waals surface area contributed by atoms with Crippen molar-refractivity contribution in [2.24, 2.45) is 5.73 Å². The number of aryl methyl sites for hydroxylation is 1. The van der Waals surface area contributed by atoms with Gasteiger partial charge in [0.05, 0.1) is 6.10 Å². The minimum atomic E-state index is -0.517. The molecule has 0 saturated carbocycles. The van der Waals surface area contributed by atoms with Gasteiger partial charge < -0.3 is 16.2 Å². The molecule has 0 radical (unpaired) electrons. The summed E-state index contributed by atoms with van der Waals surface area (Å²) in [6, 6.07) is 20.3. The van der Waals surface area contributed by atoms with Gasteiger partial charge >= 0.3 is 0 Å². The second-order valence-corrected chi connectivity index (χ2v) is 5.71. The van der Waals surface area contributed by atoms with Gasteiger partial charge in [0.25, 0.3) is 0 Å². The highest BCUT2D eigenvalue weighted by atomic mass is 16.3. The minimum absolute atomic E-state index is 0.232. The summed E-state index contributed by atoms with van der Waals surface area (Å²) < 4.78 is 0. The van der Waals surface area contributed by atoms with E-state index < -0.39 is 6.10 Å². The Kier molecular flexibility index (Phi) is 7.10. The molecule has 3 heteroatoms. The van der Waals surface area contributed by atoms with Gasteiger partial charge in [-0.3, -0.25) is 0 Å². The van der Waals surface area contributed by atoms with Gasteiger partial charge in [0, 0.05) is 12.6 Å². The van der Waals surface area contributed by atoms with E-state index in [9.17, 15) is 5.11 Å². The van der Waals surface area contributed by atoms with E-state index in [1.807, 2.05) is 36.4 Å². The van der Waals surface area contributed by atoms with Crippen LogP contribution in [0.15, 0.2) is 60.7 Å². The highest BCUT2D eigenvalue weighted by Crippen LogP contribution is 2.04. The molecule has 2 rings (SSSR count). The number of aliphatic hydroxyl groups is 1. The predicted octanol–water partition coefficient (Wildman–Crippen LogP) is 2.14. The normalized spacial score (nSPS) is 13.7. The van der Waals surface area contributed by atoms with Gasteiger partial charge in [0.15, 0.2) is 0 Å². The molecule has 0 heterocycles. The molecule has 2 atom stereocenters. The summed E-state index contributed by atoms with van der Waals surface area (Å²) in [7, 11) is 0. The van der Waals surface area contributed by atoms with Crippen molar-refractivity contribution >= 4 is 0 Å². The van der Waals surface area contributed by atoms with E-state index in [0.717, 1.165) is 24.9 Å². The van der Waals surface area contributed by atoms with Crippen molar-refractivity contribution in [2.75, 3.05) is 13.1 Å². The van der Waals surface area contributed by atoms with Crippen LogP contribution in [0.2, 0.25) is 0 Å². The maximum absolute atomic E-state index is 10.1. The van der Waals surface area contributed by atoms with Crippen LogP contribution in [0, 0.1) is 0 Å². The summed E-state index contributed by atoms with van der Waals surface area (Å²) in [5.41, 5.74) is 8.58. The predicted molar refractivity (Wildman–Crippen MR) is 91.8 cm³/mol. The molecule has 22 heavy (non-hydrogen) atoms. The molecule has 118 valence electrons. The van der Waals surface area contributed by atoms with Crippen LogP contribution in [0.1, 0.15) is 17.5 Å². The van der Waals surface area contributed by atoms with Gasteiger partial charge in [-0.1, -0.05) is 60.7 Å². The summed E-state index contributed by atoms with van der Waals surface area (Å²) in [6.45, 7) is 1.44. The molecule has 0 unspecified atom stereocenters. The lowest BCUT2D eigenvalue weighted by Gasteiger charge is -2.19. The van der Waals surface area contributed by atoms with E-state index >= 15 is 0 Å².